The maximum Gasteiger partial charge on any atom is 0.313 e. The van der Waals surface area contributed by atoms with Crippen LogP contribution in [0.3, 0.4) is 0 Å². The van der Waals surface area contributed by atoms with Crippen LogP contribution < -0.4 is 5.32 Å². The highest BCUT2D eigenvalue weighted by atomic mass is 16.5. The van der Waals surface area contributed by atoms with Crippen LogP contribution >= 0.6 is 0 Å². The van der Waals surface area contributed by atoms with Gasteiger partial charge in [0.2, 0.25) is 0 Å². The van der Waals surface area contributed by atoms with Gasteiger partial charge in [-0.15, -0.1) is 0 Å². The Morgan fingerprint density at radius 2 is 1.96 bits per heavy atom. The number of aliphatic hydroxyl groups excluding tert-OH is 1. The van der Waals surface area contributed by atoms with Crippen LogP contribution in [0.5, 0.6) is 0 Å². The molecule has 1 aliphatic heterocycles. The molecule has 1 fully saturated rings. The summed E-state index contributed by atoms with van der Waals surface area (Å²) in [7, 11) is 1.48. The van der Waals surface area contributed by atoms with Crippen molar-refractivity contribution >= 4 is 5.97 Å². The molecule has 0 bridgehead atoms. The van der Waals surface area contributed by atoms with Gasteiger partial charge in [-0.2, -0.15) is 0 Å². The number of carbonyl (C=O) groups excluding carboxylic acids is 1. The summed E-state index contributed by atoms with van der Waals surface area (Å²) in [5, 5.41) is 12.6. The Bertz CT molecular complexity index is 345. The Morgan fingerprint density at radius 1 is 1.38 bits per heavy atom. The molecular formula is C20H43NO3. The van der Waals surface area contributed by atoms with E-state index in [0.29, 0.717) is 23.8 Å². The summed E-state index contributed by atoms with van der Waals surface area (Å²) in [5.41, 5.74) is 0.0986. The Balaban J connectivity index is 0. The molecule has 4 heteroatoms. The third-order valence-electron chi connectivity index (χ3n) is 4.23. The highest BCUT2D eigenvalue weighted by Gasteiger charge is 2.44. The second kappa shape index (κ2) is 11.1. The van der Waals surface area contributed by atoms with E-state index in [9.17, 15) is 9.90 Å². The third-order valence-corrected chi connectivity index (χ3v) is 4.23. The summed E-state index contributed by atoms with van der Waals surface area (Å²) in [4.78, 5) is 12.3. The van der Waals surface area contributed by atoms with E-state index in [1.54, 1.807) is 0 Å². The highest BCUT2D eigenvalue weighted by molar-refractivity contribution is 5.77. The summed E-state index contributed by atoms with van der Waals surface area (Å²) >= 11 is 0. The lowest BCUT2D eigenvalue weighted by molar-refractivity contribution is -0.156. The van der Waals surface area contributed by atoms with Gasteiger partial charge >= 0.3 is 5.97 Å². The van der Waals surface area contributed by atoms with Crippen molar-refractivity contribution in [2.24, 2.45) is 22.7 Å². The van der Waals surface area contributed by atoms with Gasteiger partial charge in [0.15, 0.2) is 0 Å². The lowest BCUT2D eigenvalue weighted by atomic mass is 9.70. The number of esters is 1. The molecule has 0 amide bonds. The number of nitrogens with one attached hydrogen (secondary N) is 1. The molecule has 0 aromatic rings. The second-order valence-corrected chi connectivity index (χ2v) is 9.08. The lowest BCUT2D eigenvalue weighted by Crippen LogP contribution is -2.50. The average Bonchev–Trinajstić information content (AvgIpc) is 2.45. The molecular weight excluding hydrogens is 302 g/mol. The smallest absolute Gasteiger partial charge is 0.313 e. The fourth-order valence-corrected chi connectivity index (χ4v) is 3.47. The van der Waals surface area contributed by atoms with Gasteiger partial charge in [-0.1, -0.05) is 54.4 Å². The Labute approximate surface area is 151 Å². The van der Waals surface area contributed by atoms with E-state index in [2.05, 4.69) is 46.9 Å². The standard InChI is InChI=1S/C15H29NO3.C5H12.H2/c1-4-5-13(6-7-17)9-15(14(18)19-3)8-12(2)10-16-11-15;1-5(2,3)4;/h12-13,16-17H,4-11H2,1-3H3;1-4H3;1H/t12-,13?,15+;;/m1../s1. The Hall–Kier alpha value is -0.610. The molecule has 0 aliphatic carbocycles. The van der Waals surface area contributed by atoms with Crippen LogP contribution in [-0.4, -0.2) is 37.9 Å². The number of ether oxygens (including phenoxy) is 1. The third kappa shape index (κ3) is 9.63. The van der Waals surface area contributed by atoms with Gasteiger partial charge < -0.3 is 15.2 Å². The first-order valence-corrected chi connectivity index (χ1v) is 9.48. The van der Waals surface area contributed by atoms with Gasteiger partial charge in [-0.3, -0.25) is 4.79 Å². The predicted octanol–water partition coefficient (Wildman–Crippen LogP) is 4.26. The number of hydrogen-bond acceptors (Lipinski definition) is 4. The number of aliphatic hydroxyl groups is 1. The van der Waals surface area contributed by atoms with Crippen LogP contribution in [0.2, 0.25) is 0 Å². The van der Waals surface area contributed by atoms with Crippen molar-refractivity contribution in [3.63, 3.8) is 0 Å². The molecule has 0 radical (unpaired) electrons. The maximum absolute atomic E-state index is 12.3. The second-order valence-electron chi connectivity index (χ2n) is 9.08. The molecule has 24 heavy (non-hydrogen) atoms. The molecule has 0 aromatic heterocycles. The van der Waals surface area contributed by atoms with E-state index in [1.807, 2.05) is 0 Å². The maximum atomic E-state index is 12.3. The lowest BCUT2D eigenvalue weighted by Gasteiger charge is -2.40. The van der Waals surface area contributed by atoms with Gasteiger partial charge in [-0.05, 0) is 43.1 Å². The minimum absolute atomic E-state index is 0. The molecule has 4 nitrogen and oxygen atoms in total. The number of methoxy groups -OCH3 is 1. The Morgan fingerprint density at radius 3 is 2.38 bits per heavy atom. The fraction of sp³-hybridized carbons (Fsp3) is 0.950. The molecule has 1 rings (SSSR count). The largest absolute Gasteiger partial charge is 0.469 e. The van der Waals surface area contributed by atoms with Crippen molar-refractivity contribution in [1.82, 2.24) is 5.32 Å². The van der Waals surface area contributed by atoms with Gasteiger partial charge in [0.25, 0.3) is 0 Å². The zero-order chi connectivity index (χ0) is 18.8. The fourth-order valence-electron chi connectivity index (χ4n) is 3.47. The van der Waals surface area contributed by atoms with Crippen molar-refractivity contribution in [2.45, 2.75) is 73.6 Å². The molecule has 1 unspecified atom stereocenters. The van der Waals surface area contributed by atoms with Gasteiger partial charge in [0.05, 0.1) is 12.5 Å². The molecule has 0 spiro atoms. The number of hydrogen-bond donors (Lipinski definition) is 2. The van der Waals surface area contributed by atoms with Crippen molar-refractivity contribution < 1.29 is 16.1 Å². The van der Waals surface area contributed by atoms with E-state index in [4.69, 9.17) is 4.74 Å². The first kappa shape index (κ1) is 23.4. The SMILES string of the molecule is CC(C)(C)C.CCCC(CCO)C[C@]1(C(=O)OC)CNC[C@H](C)C1.[HH]. The van der Waals surface area contributed by atoms with Crippen LogP contribution in [-0.2, 0) is 9.53 Å². The van der Waals surface area contributed by atoms with Crippen molar-refractivity contribution in [1.29, 1.82) is 0 Å². The monoisotopic (exact) mass is 345 g/mol. The van der Waals surface area contributed by atoms with Crippen LogP contribution in [0, 0.1) is 22.7 Å². The molecule has 3 atom stereocenters. The van der Waals surface area contributed by atoms with Crippen LogP contribution in [0.4, 0.5) is 0 Å². The first-order chi connectivity index (χ1) is 11.1. The summed E-state index contributed by atoms with van der Waals surface area (Å²) in [6.45, 7) is 14.9. The van der Waals surface area contributed by atoms with E-state index >= 15 is 0 Å². The van der Waals surface area contributed by atoms with Crippen LogP contribution in [0.25, 0.3) is 0 Å². The van der Waals surface area contributed by atoms with E-state index in [1.165, 1.54) is 7.11 Å². The van der Waals surface area contributed by atoms with Crippen molar-refractivity contribution in [3.8, 4) is 0 Å². The Kier molecular flexibility index (Phi) is 10.8. The molecule has 0 saturated carbocycles. The molecule has 1 aliphatic rings. The minimum atomic E-state index is -0.401. The highest BCUT2D eigenvalue weighted by Crippen LogP contribution is 2.39. The number of piperidine rings is 1. The average molecular weight is 346 g/mol. The minimum Gasteiger partial charge on any atom is -0.469 e. The number of carbonyl (C=O) groups is 1. The molecule has 1 saturated heterocycles. The normalized spacial score (nSPS) is 25.4. The van der Waals surface area contributed by atoms with Crippen molar-refractivity contribution in [2.75, 3.05) is 26.8 Å². The summed E-state index contributed by atoms with van der Waals surface area (Å²) in [6.07, 6.45) is 4.64. The zero-order valence-corrected chi connectivity index (χ0v) is 17.1. The van der Waals surface area contributed by atoms with E-state index in [-0.39, 0.29) is 14.0 Å². The van der Waals surface area contributed by atoms with Gasteiger partial charge in [-0.25, -0.2) is 0 Å². The summed E-state index contributed by atoms with van der Waals surface area (Å²) in [5.74, 6) is 0.802. The van der Waals surface area contributed by atoms with Gasteiger partial charge in [0.1, 0.15) is 0 Å². The molecule has 2 N–H and O–H groups in total. The predicted molar refractivity (Wildman–Crippen MR) is 103 cm³/mol. The van der Waals surface area contributed by atoms with E-state index in [0.717, 1.165) is 38.6 Å². The first-order valence-electron chi connectivity index (χ1n) is 9.48. The van der Waals surface area contributed by atoms with Crippen LogP contribution in [0.1, 0.15) is 75.1 Å². The summed E-state index contributed by atoms with van der Waals surface area (Å²) < 4.78 is 5.06. The van der Waals surface area contributed by atoms with E-state index < -0.39 is 5.41 Å². The quantitative estimate of drug-likeness (QED) is 0.677. The van der Waals surface area contributed by atoms with Crippen molar-refractivity contribution in [3.05, 3.63) is 0 Å². The molecule has 146 valence electrons. The summed E-state index contributed by atoms with van der Waals surface area (Å²) in [6, 6.07) is 0. The van der Waals surface area contributed by atoms with Crippen LogP contribution in [0.15, 0.2) is 0 Å². The van der Waals surface area contributed by atoms with Gasteiger partial charge in [0, 0.05) is 14.6 Å². The topological polar surface area (TPSA) is 58.6 Å². The zero-order valence-electron chi connectivity index (χ0n) is 17.1. The molecule has 0 aromatic carbocycles. The molecule has 1 heterocycles. The number of rotatable bonds is 7.